The van der Waals surface area contributed by atoms with Gasteiger partial charge in [0.25, 0.3) is 0 Å². The van der Waals surface area contributed by atoms with Crippen LogP contribution in [0.15, 0.2) is 91.5 Å². The summed E-state index contributed by atoms with van der Waals surface area (Å²) in [5.74, 6) is -0.0578. The first kappa shape index (κ1) is 29.4. The molecule has 7 aromatic rings. The van der Waals surface area contributed by atoms with E-state index in [2.05, 4.69) is 48.7 Å². The first-order valence-electron chi connectivity index (χ1n) is 14.6. The Bertz CT molecular complexity index is 2300. The lowest BCUT2D eigenvalue weighted by Gasteiger charge is -2.07. The van der Waals surface area contributed by atoms with Gasteiger partial charge in [0.1, 0.15) is 21.2 Å². The van der Waals surface area contributed by atoms with Gasteiger partial charge in [0.15, 0.2) is 11.5 Å². The summed E-state index contributed by atoms with van der Waals surface area (Å²) in [6.07, 6.45) is 8.27. The zero-order chi connectivity index (χ0) is 31.7. The Morgan fingerprint density at radius 1 is 0.783 bits per heavy atom. The fourth-order valence-electron chi connectivity index (χ4n) is 5.41. The van der Waals surface area contributed by atoms with Gasteiger partial charge in [-0.3, -0.25) is 15.1 Å². The van der Waals surface area contributed by atoms with Crippen LogP contribution in [0.1, 0.15) is 16.7 Å². The van der Waals surface area contributed by atoms with E-state index in [0.717, 1.165) is 28.9 Å². The Hall–Kier alpha value is -5.33. The van der Waals surface area contributed by atoms with E-state index in [4.69, 9.17) is 9.97 Å². The molecule has 5 heterocycles. The van der Waals surface area contributed by atoms with Crippen LogP contribution in [0.25, 0.3) is 56.0 Å². The summed E-state index contributed by atoms with van der Waals surface area (Å²) < 4.78 is 38.0. The molecule has 7 rings (SSSR count). The number of hydrogen-bond acceptors (Lipinski definition) is 8. The third-order valence-corrected chi connectivity index (χ3v) is 8.59. The third kappa shape index (κ3) is 6.39. The normalized spacial score (nSPS) is 11.9. The second-order valence-corrected chi connectivity index (χ2v) is 13.5. The molecule has 0 spiro atoms. The largest absolute Gasteiger partial charge is 0.335 e. The van der Waals surface area contributed by atoms with Crippen molar-refractivity contribution in [3.8, 4) is 33.9 Å². The van der Waals surface area contributed by atoms with Crippen LogP contribution in [0.2, 0.25) is 0 Å². The van der Waals surface area contributed by atoms with Crippen LogP contribution >= 0.6 is 0 Å². The fraction of sp³-hybridized carbons (Fsp3) is 0.147. The summed E-state index contributed by atoms with van der Waals surface area (Å²) in [5.41, 5.74) is 8.73. The zero-order valence-corrected chi connectivity index (χ0v) is 25.6. The summed E-state index contributed by atoms with van der Waals surface area (Å²) in [4.78, 5) is 21.9. The number of nitrogens with zero attached hydrogens (tertiary/aromatic N) is 5. The van der Waals surface area contributed by atoms with Crippen molar-refractivity contribution in [2.75, 3.05) is 12.0 Å². The smallest absolute Gasteiger partial charge is 0.161 e. The van der Waals surface area contributed by atoms with Crippen LogP contribution in [0.5, 0.6) is 0 Å². The zero-order valence-electron chi connectivity index (χ0n) is 24.8. The van der Waals surface area contributed by atoms with Gasteiger partial charge in [-0.15, -0.1) is 0 Å². The maximum atomic E-state index is 14.6. The second-order valence-electron chi connectivity index (χ2n) is 11.2. The maximum Gasteiger partial charge on any atom is 0.161 e. The molecule has 0 aliphatic heterocycles. The second kappa shape index (κ2) is 12.2. The highest BCUT2D eigenvalue weighted by Gasteiger charge is 2.18. The molecule has 0 saturated carbocycles. The highest BCUT2D eigenvalue weighted by molar-refractivity contribution is 7.90. The molecule has 2 aromatic carbocycles. The highest BCUT2D eigenvalue weighted by atomic mass is 32.2. The number of rotatable bonds is 10. The predicted octanol–water partition coefficient (Wildman–Crippen LogP) is 5.64. The molecule has 0 atom stereocenters. The highest BCUT2D eigenvalue weighted by Crippen LogP contribution is 2.32. The lowest BCUT2D eigenvalue weighted by Crippen LogP contribution is -2.12. The molecule has 0 fully saturated rings. The van der Waals surface area contributed by atoms with E-state index < -0.39 is 15.7 Å². The summed E-state index contributed by atoms with van der Waals surface area (Å²) in [6, 6.07) is 20.7. The molecule has 230 valence electrons. The monoisotopic (exact) mass is 632 g/mol. The molecule has 0 saturated heterocycles. The van der Waals surface area contributed by atoms with E-state index in [1.807, 2.05) is 36.5 Å². The minimum Gasteiger partial charge on any atom is -0.335 e. The Labute approximate surface area is 264 Å². The minimum absolute atomic E-state index is 0.0718. The van der Waals surface area contributed by atoms with Gasteiger partial charge in [0, 0.05) is 49.1 Å². The Morgan fingerprint density at radius 2 is 1.59 bits per heavy atom. The number of halogens is 1. The molecular weight excluding hydrogens is 603 g/mol. The quantitative estimate of drug-likeness (QED) is 0.176. The van der Waals surface area contributed by atoms with Crippen LogP contribution in [0.3, 0.4) is 0 Å². The first-order chi connectivity index (χ1) is 22.3. The minimum atomic E-state index is -3.20. The number of aromatic nitrogens is 7. The lowest BCUT2D eigenvalue weighted by molar-refractivity contribution is 0.600. The van der Waals surface area contributed by atoms with Crippen molar-refractivity contribution in [3.05, 3.63) is 114 Å². The number of nitrogens with one attached hydrogen (secondary N) is 3. The molecule has 12 heteroatoms. The van der Waals surface area contributed by atoms with Crippen LogP contribution in [-0.2, 0) is 29.3 Å². The van der Waals surface area contributed by atoms with Crippen LogP contribution in [0, 0.1) is 5.82 Å². The van der Waals surface area contributed by atoms with Gasteiger partial charge in [-0.25, -0.2) is 22.8 Å². The fourth-order valence-corrected chi connectivity index (χ4v) is 6.01. The molecule has 0 amide bonds. The number of hydrogen-bond donors (Lipinski definition) is 3. The molecule has 0 radical (unpaired) electrons. The summed E-state index contributed by atoms with van der Waals surface area (Å²) >= 11 is 0. The van der Waals surface area contributed by atoms with Gasteiger partial charge < -0.3 is 10.3 Å². The van der Waals surface area contributed by atoms with Crippen LogP contribution < -0.4 is 5.32 Å². The Kier molecular flexibility index (Phi) is 7.81. The van der Waals surface area contributed by atoms with Crippen LogP contribution in [-0.4, -0.2) is 55.5 Å². The van der Waals surface area contributed by atoms with Crippen molar-refractivity contribution in [1.82, 2.24) is 40.4 Å². The maximum absolute atomic E-state index is 14.6. The number of sulfone groups is 1. The topological polar surface area (TPSA) is 142 Å². The summed E-state index contributed by atoms with van der Waals surface area (Å²) in [7, 11) is -3.20. The number of pyridine rings is 3. The van der Waals surface area contributed by atoms with Gasteiger partial charge in [0.2, 0.25) is 0 Å². The molecule has 0 unspecified atom stereocenters. The van der Waals surface area contributed by atoms with Crippen molar-refractivity contribution < 1.29 is 12.8 Å². The van der Waals surface area contributed by atoms with E-state index in [1.165, 1.54) is 24.0 Å². The van der Waals surface area contributed by atoms with Crippen molar-refractivity contribution in [3.63, 3.8) is 0 Å². The van der Waals surface area contributed by atoms with Gasteiger partial charge in [-0.05, 0) is 59.0 Å². The molecule has 0 aliphatic rings. The summed E-state index contributed by atoms with van der Waals surface area (Å²) in [5, 5.41) is 11.0. The number of fused-ring (bicyclic) bond motifs is 2. The molecular formula is C34H29FN8O2S. The van der Waals surface area contributed by atoms with E-state index >= 15 is 0 Å². The number of H-pyrrole nitrogens is 2. The Morgan fingerprint density at radius 3 is 2.43 bits per heavy atom. The van der Waals surface area contributed by atoms with Gasteiger partial charge >= 0.3 is 0 Å². The molecule has 5 aromatic heterocycles. The van der Waals surface area contributed by atoms with Crippen LogP contribution in [0.4, 0.5) is 4.39 Å². The van der Waals surface area contributed by atoms with E-state index in [-0.39, 0.29) is 12.2 Å². The van der Waals surface area contributed by atoms with Crippen molar-refractivity contribution >= 4 is 31.9 Å². The van der Waals surface area contributed by atoms with Crippen molar-refractivity contribution in [2.24, 2.45) is 0 Å². The van der Waals surface area contributed by atoms with Crippen molar-refractivity contribution in [2.45, 2.75) is 19.5 Å². The molecule has 0 aliphatic carbocycles. The van der Waals surface area contributed by atoms with Gasteiger partial charge in [-0.2, -0.15) is 5.10 Å². The third-order valence-electron chi connectivity index (χ3n) is 7.65. The van der Waals surface area contributed by atoms with Crippen molar-refractivity contribution in [1.29, 1.82) is 0 Å². The van der Waals surface area contributed by atoms with E-state index in [9.17, 15) is 12.8 Å². The lowest BCUT2D eigenvalue weighted by atomic mass is 10.0. The van der Waals surface area contributed by atoms with E-state index in [1.54, 1.807) is 24.7 Å². The number of aryl methyl sites for hydroxylation is 1. The average molecular weight is 633 g/mol. The molecule has 3 N–H and O–H groups in total. The SMILES string of the molecule is CS(=O)(=O)CCc1cc(F)cc(-c2cncc3[nH]c(-c4n[nH]c5ccc(-c6cncc(CNCc7ccccc7)c6)nc45)nc23)c1. The standard InChI is InChI=1S/C34H29FN8O2S/c1-46(44,45)10-9-22-11-24(14-26(35)13-22)27-19-38-20-30-31(27)41-34(40-30)33-32-29(42-43-33)8-7-28(39-32)25-12-23(17-37-18-25)16-36-15-21-5-3-2-4-6-21/h2-8,11-14,17-20,36H,9-10,15-16H2,1H3,(H,40,41)(H,42,43). The van der Waals surface area contributed by atoms with Gasteiger partial charge in [0.05, 0.1) is 34.2 Å². The predicted molar refractivity (Wildman–Crippen MR) is 176 cm³/mol. The van der Waals surface area contributed by atoms with E-state index in [0.29, 0.717) is 51.3 Å². The molecule has 10 nitrogen and oxygen atoms in total. The summed E-state index contributed by atoms with van der Waals surface area (Å²) in [6.45, 7) is 1.42. The number of aromatic amines is 2. The van der Waals surface area contributed by atoms with Gasteiger partial charge in [-0.1, -0.05) is 36.4 Å². The average Bonchev–Trinajstić information content (AvgIpc) is 3.68. The Balaban J connectivity index is 1.19. The molecule has 46 heavy (non-hydrogen) atoms. The molecule has 0 bridgehead atoms. The first-order valence-corrected chi connectivity index (χ1v) is 16.7. The number of benzene rings is 2. The number of imidazole rings is 1.